The molecule has 98 valence electrons. The minimum absolute atomic E-state index is 0.464. The van der Waals surface area contributed by atoms with E-state index < -0.39 is 11.2 Å². The number of rotatable bonds is 4. The predicted molar refractivity (Wildman–Crippen MR) is 77.9 cm³/mol. The third-order valence-corrected chi connectivity index (χ3v) is 4.13. The van der Waals surface area contributed by atoms with Crippen LogP contribution in [0.4, 0.5) is 0 Å². The van der Waals surface area contributed by atoms with Gasteiger partial charge in [-0.1, -0.05) is 24.3 Å². The second kappa shape index (κ2) is 6.77. The maximum Gasteiger partial charge on any atom is 0.131 e. The van der Waals surface area contributed by atoms with Gasteiger partial charge in [0.15, 0.2) is 0 Å². The highest BCUT2D eigenvalue weighted by Gasteiger charge is 2.09. The standard InChI is InChI=1S/C16H12N2OS/c17-9-13-1-5-15(6-2-13)11-20(19)12-16-7-3-14(10-18)4-8-16/h1-8H,11-12H2. The van der Waals surface area contributed by atoms with Crippen LogP contribution in [0.15, 0.2) is 48.5 Å². The van der Waals surface area contributed by atoms with Crippen LogP contribution in [0.25, 0.3) is 0 Å². The average Bonchev–Trinajstić information content (AvgIpc) is 2.49. The van der Waals surface area contributed by atoms with Crippen molar-refractivity contribution in [1.82, 2.24) is 0 Å². The first-order valence-electron chi connectivity index (χ1n) is 6.04. The van der Waals surface area contributed by atoms with Crippen LogP contribution in [0.5, 0.6) is 0 Å². The van der Waals surface area contributed by atoms with E-state index in [0.717, 1.165) is 11.1 Å². The molecule has 2 aromatic rings. The molecule has 0 N–H and O–H groups in total. The lowest BCUT2D eigenvalue weighted by molar-refractivity contribution is 0.593. The molecule has 2 rings (SSSR count). The van der Waals surface area contributed by atoms with Crippen LogP contribution >= 0.6 is 0 Å². The molecular formula is C16H12N2OS. The van der Waals surface area contributed by atoms with Gasteiger partial charge in [0, 0.05) is 11.1 Å². The molecule has 0 spiro atoms. The zero-order valence-corrected chi connectivity index (χ0v) is 11.6. The highest BCUT2D eigenvalue weighted by atomic mass is 32.2. The smallest absolute Gasteiger partial charge is 0.131 e. The van der Waals surface area contributed by atoms with Crippen molar-refractivity contribution in [1.29, 1.82) is 10.5 Å². The molecule has 0 radical (unpaired) electrons. The molecule has 0 atom stereocenters. The van der Waals surface area contributed by atoms with E-state index in [1.165, 1.54) is 0 Å². The Kier molecular flexibility index (Phi) is 4.79. The van der Waals surface area contributed by atoms with Crippen molar-refractivity contribution in [2.75, 3.05) is 0 Å². The van der Waals surface area contributed by atoms with Crippen molar-refractivity contribution in [2.45, 2.75) is 11.5 Å². The summed E-state index contributed by atoms with van der Waals surface area (Å²) in [7, 11) is 0. The molecule has 0 heterocycles. The number of nitriles is 2. The fraction of sp³-hybridized carbons (Fsp3) is 0.125. The number of hydrogen-bond donors (Lipinski definition) is 0. The molecule has 0 aliphatic heterocycles. The first-order valence-corrected chi connectivity index (χ1v) is 7.53. The van der Waals surface area contributed by atoms with Gasteiger partial charge in [-0.3, -0.25) is 0 Å². The predicted octanol–water partition coefficient (Wildman–Crippen LogP) is 2.88. The summed E-state index contributed by atoms with van der Waals surface area (Å²) in [6.45, 7) is 0. The lowest BCUT2D eigenvalue weighted by Crippen LogP contribution is -2.07. The topological polar surface area (TPSA) is 70.6 Å². The first kappa shape index (κ1) is 14.1. The zero-order chi connectivity index (χ0) is 14.4. The Morgan fingerprint density at radius 1 is 0.750 bits per heavy atom. The molecule has 20 heavy (non-hydrogen) atoms. The van der Waals surface area contributed by atoms with E-state index in [1.807, 2.05) is 24.3 Å². The van der Waals surface area contributed by atoms with E-state index >= 15 is 0 Å². The summed E-state index contributed by atoms with van der Waals surface area (Å²) in [6.07, 6.45) is 0. The van der Waals surface area contributed by atoms with E-state index in [0.29, 0.717) is 22.6 Å². The minimum Gasteiger partial charge on any atom is -0.616 e. The van der Waals surface area contributed by atoms with Crippen LogP contribution in [0.2, 0.25) is 0 Å². The molecule has 3 nitrogen and oxygen atoms in total. The molecule has 0 aliphatic carbocycles. The van der Waals surface area contributed by atoms with Crippen LogP contribution in [0.1, 0.15) is 22.3 Å². The summed E-state index contributed by atoms with van der Waals surface area (Å²) in [6, 6.07) is 18.3. The van der Waals surface area contributed by atoms with Gasteiger partial charge in [-0.25, -0.2) is 0 Å². The molecule has 0 bridgehead atoms. The van der Waals surface area contributed by atoms with Gasteiger partial charge < -0.3 is 4.55 Å². The molecule has 0 aliphatic rings. The maximum absolute atomic E-state index is 12.1. The molecule has 0 aromatic heterocycles. The quantitative estimate of drug-likeness (QED) is 0.808. The molecule has 4 heteroatoms. The Hall–Kier alpha value is -2.27. The summed E-state index contributed by atoms with van der Waals surface area (Å²) >= 11 is -1.00. The highest BCUT2D eigenvalue weighted by molar-refractivity contribution is 7.89. The summed E-state index contributed by atoms with van der Waals surface area (Å²) < 4.78 is 12.1. The van der Waals surface area contributed by atoms with Crippen LogP contribution in [0.3, 0.4) is 0 Å². The Labute approximate surface area is 121 Å². The Morgan fingerprint density at radius 3 is 1.40 bits per heavy atom. The van der Waals surface area contributed by atoms with Gasteiger partial charge in [0.1, 0.15) is 11.5 Å². The van der Waals surface area contributed by atoms with Crippen molar-refractivity contribution >= 4 is 11.2 Å². The number of hydrogen-bond acceptors (Lipinski definition) is 3. The normalized spacial score (nSPS) is 10.0. The zero-order valence-electron chi connectivity index (χ0n) is 10.7. The van der Waals surface area contributed by atoms with Crippen molar-refractivity contribution in [3.05, 3.63) is 70.8 Å². The van der Waals surface area contributed by atoms with Gasteiger partial charge in [0.2, 0.25) is 0 Å². The van der Waals surface area contributed by atoms with Gasteiger partial charge in [0.25, 0.3) is 0 Å². The largest absolute Gasteiger partial charge is 0.616 e. The lowest BCUT2D eigenvalue weighted by atomic mass is 10.2. The van der Waals surface area contributed by atoms with E-state index in [2.05, 4.69) is 12.1 Å². The summed E-state index contributed by atoms with van der Waals surface area (Å²) in [5, 5.41) is 17.4. The molecule has 0 saturated carbocycles. The molecule has 0 amide bonds. The second-order valence-electron chi connectivity index (χ2n) is 4.35. The SMILES string of the molecule is N#Cc1ccc(C[S+]([O-])Cc2ccc(C#N)cc2)cc1. The second-order valence-corrected chi connectivity index (χ2v) is 5.80. The number of nitrogens with zero attached hydrogens (tertiary/aromatic N) is 2. The maximum atomic E-state index is 12.1. The fourth-order valence-electron chi connectivity index (χ4n) is 1.77. The van der Waals surface area contributed by atoms with Crippen LogP contribution in [0, 0.1) is 22.7 Å². The van der Waals surface area contributed by atoms with Gasteiger partial charge in [-0.05, 0) is 35.4 Å². The monoisotopic (exact) mass is 280 g/mol. The average molecular weight is 280 g/mol. The van der Waals surface area contributed by atoms with Crippen LogP contribution in [-0.4, -0.2) is 4.55 Å². The molecule has 2 aromatic carbocycles. The van der Waals surface area contributed by atoms with Gasteiger partial charge >= 0.3 is 0 Å². The first-order chi connectivity index (χ1) is 9.71. The fourth-order valence-corrected chi connectivity index (χ4v) is 3.00. The highest BCUT2D eigenvalue weighted by Crippen LogP contribution is 2.14. The third-order valence-electron chi connectivity index (χ3n) is 2.82. The van der Waals surface area contributed by atoms with Crippen LogP contribution in [-0.2, 0) is 22.7 Å². The Morgan fingerprint density at radius 2 is 1.10 bits per heavy atom. The van der Waals surface area contributed by atoms with Gasteiger partial charge in [0.05, 0.1) is 23.3 Å². The van der Waals surface area contributed by atoms with E-state index in [9.17, 15) is 4.55 Å². The van der Waals surface area contributed by atoms with E-state index in [1.54, 1.807) is 24.3 Å². The third kappa shape index (κ3) is 3.86. The van der Waals surface area contributed by atoms with E-state index in [4.69, 9.17) is 10.5 Å². The summed E-state index contributed by atoms with van der Waals surface area (Å²) in [5.41, 5.74) is 3.12. The van der Waals surface area contributed by atoms with E-state index in [-0.39, 0.29) is 0 Å². The Bertz CT molecular complexity index is 591. The van der Waals surface area contributed by atoms with Crippen molar-refractivity contribution in [2.24, 2.45) is 0 Å². The van der Waals surface area contributed by atoms with Crippen LogP contribution < -0.4 is 0 Å². The molecule has 0 saturated heterocycles. The van der Waals surface area contributed by atoms with Gasteiger partial charge in [-0.15, -0.1) is 0 Å². The molecular weight excluding hydrogens is 268 g/mol. The molecule has 0 unspecified atom stereocenters. The lowest BCUT2D eigenvalue weighted by Gasteiger charge is -2.11. The van der Waals surface area contributed by atoms with Gasteiger partial charge in [-0.2, -0.15) is 10.5 Å². The summed E-state index contributed by atoms with van der Waals surface area (Å²) in [4.78, 5) is 0. The van der Waals surface area contributed by atoms with Crippen molar-refractivity contribution in [3.8, 4) is 12.1 Å². The van der Waals surface area contributed by atoms with Crippen molar-refractivity contribution in [3.63, 3.8) is 0 Å². The molecule has 0 fully saturated rings. The summed E-state index contributed by atoms with van der Waals surface area (Å²) in [5.74, 6) is 0.928. The minimum atomic E-state index is -1.00. The van der Waals surface area contributed by atoms with Crippen molar-refractivity contribution < 1.29 is 4.55 Å². The number of benzene rings is 2. The Balaban J connectivity index is 1.95.